The van der Waals surface area contributed by atoms with Crippen molar-refractivity contribution in [1.29, 1.82) is 0 Å². The number of amides is 1. The van der Waals surface area contributed by atoms with E-state index in [0.29, 0.717) is 23.9 Å². The number of hydrogen-bond acceptors (Lipinski definition) is 6. The normalized spacial score (nSPS) is 11.9. The molecule has 0 bridgehead atoms. The Balaban J connectivity index is 1.37. The Kier molecular flexibility index (Phi) is 4.52. The maximum absolute atomic E-state index is 13.6. The van der Waals surface area contributed by atoms with Gasteiger partial charge in [0.2, 0.25) is 6.79 Å². The van der Waals surface area contributed by atoms with E-state index in [9.17, 15) is 9.18 Å². The summed E-state index contributed by atoms with van der Waals surface area (Å²) in [5.41, 5.74) is 1.32. The number of ether oxygens (including phenoxy) is 2. The highest BCUT2D eigenvalue weighted by Crippen LogP contribution is 2.32. The third-order valence-electron chi connectivity index (χ3n) is 3.91. The number of halogens is 1. The van der Waals surface area contributed by atoms with E-state index in [4.69, 9.17) is 9.47 Å². The molecule has 1 aliphatic rings. The van der Waals surface area contributed by atoms with E-state index in [2.05, 4.69) is 20.6 Å². The average Bonchev–Trinajstić information content (AvgIpc) is 3.16. The van der Waals surface area contributed by atoms with Gasteiger partial charge in [0, 0.05) is 6.54 Å². The minimum Gasteiger partial charge on any atom is -0.454 e. The van der Waals surface area contributed by atoms with E-state index in [1.54, 1.807) is 24.3 Å². The van der Waals surface area contributed by atoms with Crippen molar-refractivity contribution in [2.45, 2.75) is 6.54 Å². The second-order valence-electron chi connectivity index (χ2n) is 5.76. The van der Waals surface area contributed by atoms with Gasteiger partial charge in [-0.3, -0.25) is 4.79 Å². The van der Waals surface area contributed by atoms with Crippen molar-refractivity contribution in [3.05, 3.63) is 71.9 Å². The first kappa shape index (κ1) is 16.8. The summed E-state index contributed by atoms with van der Waals surface area (Å²) >= 11 is 0. The Morgan fingerprint density at radius 2 is 1.93 bits per heavy atom. The molecule has 4 rings (SSSR count). The molecular formula is C19H15FN4O3. The highest BCUT2D eigenvalue weighted by Gasteiger charge is 2.14. The van der Waals surface area contributed by atoms with Crippen LogP contribution in [0.25, 0.3) is 0 Å². The number of hydrogen-bond donors (Lipinski definition) is 2. The van der Waals surface area contributed by atoms with Gasteiger partial charge < -0.3 is 20.1 Å². The van der Waals surface area contributed by atoms with Gasteiger partial charge in [-0.25, -0.2) is 14.4 Å². The summed E-state index contributed by atoms with van der Waals surface area (Å²) in [6.07, 6.45) is 2.71. The molecule has 0 unspecified atom stereocenters. The van der Waals surface area contributed by atoms with Crippen LogP contribution in [0.4, 0.5) is 15.9 Å². The molecule has 2 N–H and O–H groups in total. The van der Waals surface area contributed by atoms with Crippen LogP contribution < -0.4 is 20.1 Å². The third-order valence-corrected chi connectivity index (χ3v) is 3.91. The number of anilines is 2. The summed E-state index contributed by atoms with van der Waals surface area (Å²) in [5.74, 6) is 0.925. The van der Waals surface area contributed by atoms with Gasteiger partial charge in [0.1, 0.15) is 17.3 Å². The Morgan fingerprint density at radius 3 is 2.74 bits per heavy atom. The number of carbonyl (C=O) groups is 1. The zero-order valence-electron chi connectivity index (χ0n) is 14.1. The lowest BCUT2D eigenvalue weighted by molar-refractivity contribution is 0.0945. The van der Waals surface area contributed by atoms with Crippen LogP contribution in [0.15, 0.2) is 54.9 Å². The first-order valence-corrected chi connectivity index (χ1v) is 8.19. The van der Waals surface area contributed by atoms with Gasteiger partial charge >= 0.3 is 0 Å². The summed E-state index contributed by atoms with van der Waals surface area (Å²) in [4.78, 5) is 20.4. The predicted molar refractivity (Wildman–Crippen MR) is 95.4 cm³/mol. The molecule has 0 fully saturated rings. The fraction of sp³-hybridized carbons (Fsp3) is 0.105. The Morgan fingerprint density at radius 1 is 1.07 bits per heavy atom. The van der Waals surface area contributed by atoms with Crippen LogP contribution in [-0.4, -0.2) is 22.7 Å². The topological polar surface area (TPSA) is 85.4 Å². The smallest absolute Gasteiger partial charge is 0.271 e. The number of rotatable bonds is 5. The molecule has 27 heavy (non-hydrogen) atoms. The number of para-hydroxylation sites is 1. The first-order chi connectivity index (χ1) is 13.2. The van der Waals surface area contributed by atoms with E-state index >= 15 is 0 Å². The Hall–Kier alpha value is -3.68. The highest BCUT2D eigenvalue weighted by molar-refractivity contribution is 5.92. The SMILES string of the molecule is O=C(NCc1ccc2c(c1)OCO2)c1cnc(Nc2ccccc2F)cn1. The Bertz CT molecular complexity index is 979. The maximum Gasteiger partial charge on any atom is 0.271 e. The number of nitrogens with zero attached hydrogens (tertiary/aromatic N) is 2. The largest absolute Gasteiger partial charge is 0.454 e. The summed E-state index contributed by atoms with van der Waals surface area (Å²) in [5, 5.41) is 5.58. The molecule has 0 radical (unpaired) electrons. The van der Waals surface area contributed by atoms with Gasteiger partial charge in [0.05, 0.1) is 18.1 Å². The minimum atomic E-state index is -0.398. The van der Waals surface area contributed by atoms with E-state index in [1.165, 1.54) is 18.5 Å². The molecule has 8 heteroatoms. The van der Waals surface area contributed by atoms with Crippen LogP contribution in [0.1, 0.15) is 16.1 Å². The van der Waals surface area contributed by atoms with Gasteiger partial charge in [-0.05, 0) is 29.8 Å². The number of fused-ring (bicyclic) bond motifs is 1. The zero-order valence-corrected chi connectivity index (χ0v) is 14.1. The van der Waals surface area contributed by atoms with Crippen molar-refractivity contribution in [3.63, 3.8) is 0 Å². The lowest BCUT2D eigenvalue weighted by Crippen LogP contribution is -2.24. The lowest BCUT2D eigenvalue weighted by Gasteiger charge is -2.08. The zero-order chi connectivity index (χ0) is 18.6. The van der Waals surface area contributed by atoms with Gasteiger partial charge in [-0.15, -0.1) is 0 Å². The molecule has 0 aliphatic carbocycles. The molecular weight excluding hydrogens is 351 g/mol. The average molecular weight is 366 g/mol. The molecule has 136 valence electrons. The molecule has 0 saturated heterocycles. The summed E-state index contributed by atoms with van der Waals surface area (Å²) in [6, 6.07) is 11.7. The number of benzene rings is 2. The van der Waals surface area contributed by atoms with Gasteiger partial charge in [-0.2, -0.15) is 0 Å². The molecule has 1 amide bonds. The van der Waals surface area contributed by atoms with Gasteiger partial charge in [0.15, 0.2) is 11.5 Å². The molecule has 2 aromatic carbocycles. The van der Waals surface area contributed by atoms with Crippen LogP contribution >= 0.6 is 0 Å². The quantitative estimate of drug-likeness (QED) is 0.722. The first-order valence-electron chi connectivity index (χ1n) is 8.19. The fourth-order valence-corrected chi connectivity index (χ4v) is 2.53. The molecule has 0 saturated carbocycles. The molecule has 0 atom stereocenters. The maximum atomic E-state index is 13.6. The van der Waals surface area contributed by atoms with E-state index < -0.39 is 5.82 Å². The lowest BCUT2D eigenvalue weighted by atomic mass is 10.2. The standard InChI is InChI=1S/C19H15FN4O3/c20-13-3-1-2-4-14(13)24-18-10-21-15(9-22-18)19(25)23-8-12-5-6-16-17(7-12)27-11-26-16/h1-7,9-10H,8,11H2,(H,22,24)(H,23,25). The van der Waals surface area contributed by atoms with Crippen molar-refractivity contribution < 1.29 is 18.7 Å². The van der Waals surface area contributed by atoms with Crippen molar-refractivity contribution in [3.8, 4) is 11.5 Å². The summed E-state index contributed by atoms with van der Waals surface area (Å²) in [7, 11) is 0. The van der Waals surface area contributed by atoms with Crippen LogP contribution in [0.2, 0.25) is 0 Å². The van der Waals surface area contributed by atoms with Crippen LogP contribution in [0.5, 0.6) is 11.5 Å². The van der Waals surface area contributed by atoms with Crippen molar-refractivity contribution in [2.24, 2.45) is 0 Å². The van der Waals surface area contributed by atoms with E-state index in [0.717, 1.165) is 5.56 Å². The van der Waals surface area contributed by atoms with E-state index in [1.807, 2.05) is 12.1 Å². The Labute approximate surface area is 154 Å². The fourth-order valence-electron chi connectivity index (χ4n) is 2.53. The van der Waals surface area contributed by atoms with Crippen LogP contribution in [0, 0.1) is 5.82 Å². The highest BCUT2D eigenvalue weighted by atomic mass is 19.1. The van der Waals surface area contributed by atoms with Crippen LogP contribution in [-0.2, 0) is 6.54 Å². The summed E-state index contributed by atoms with van der Waals surface area (Å²) in [6.45, 7) is 0.514. The van der Waals surface area contributed by atoms with E-state index in [-0.39, 0.29) is 24.1 Å². The number of aromatic nitrogens is 2. The molecule has 2 heterocycles. The predicted octanol–water partition coefficient (Wildman–Crippen LogP) is 3.02. The number of nitrogens with one attached hydrogen (secondary N) is 2. The number of carbonyl (C=O) groups excluding carboxylic acids is 1. The van der Waals surface area contributed by atoms with Crippen molar-refractivity contribution in [2.75, 3.05) is 12.1 Å². The van der Waals surface area contributed by atoms with Gasteiger partial charge in [-0.1, -0.05) is 18.2 Å². The monoisotopic (exact) mass is 366 g/mol. The molecule has 3 aromatic rings. The molecule has 0 spiro atoms. The third kappa shape index (κ3) is 3.79. The van der Waals surface area contributed by atoms with Crippen molar-refractivity contribution in [1.82, 2.24) is 15.3 Å². The second-order valence-corrected chi connectivity index (χ2v) is 5.76. The molecule has 1 aromatic heterocycles. The molecule has 7 nitrogen and oxygen atoms in total. The van der Waals surface area contributed by atoms with Crippen LogP contribution in [0.3, 0.4) is 0 Å². The van der Waals surface area contributed by atoms with Crippen molar-refractivity contribution >= 4 is 17.4 Å². The minimum absolute atomic E-state index is 0.162. The van der Waals surface area contributed by atoms with Gasteiger partial charge in [0.25, 0.3) is 5.91 Å². The second kappa shape index (κ2) is 7.28. The molecule has 1 aliphatic heterocycles. The summed E-state index contributed by atoms with van der Waals surface area (Å²) < 4.78 is 24.2.